The fourth-order valence-electron chi connectivity index (χ4n) is 8.08. The van der Waals surface area contributed by atoms with Gasteiger partial charge in [0.2, 0.25) is 11.8 Å². The third-order valence-electron chi connectivity index (χ3n) is 10.2. The van der Waals surface area contributed by atoms with E-state index in [9.17, 15) is 19.5 Å². The zero-order chi connectivity index (χ0) is 32.0. The summed E-state index contributed by atoms with van der Waals surface area (Å²) in [6.45, 7) is 18.0. The van der Waals surface area contributed by atoms with Crippen molar-refractivity contribution in [2.75, 3.05) is 24.6 Å². The number of fused-ring (bicyclic) bond motifs is 1. The summed E-state index contributed by atoms with van der Waals surface area (Å²) in [4.78, 5) is 49.0. The van der Waals surface area contributed by atoms with E-state index in [-0.39, 0.29) is 36.8 Å². The van der Waals surface area contributed by atoms with Gasteiger partial charge in [0.05, 0.1) is 30.1 Å². The first-order chi connectivity index (χ1) is 21.0. The average Bonchev–Trinajstić information content (AvgIpc) is 3.52. The number of carbonyl (C=O) groups excluding carboxylic acids is 3. The van der Waals surface area contributed by atoms with Crippen molar-refractivity contribution < 1.29 is 24.2 Å². The molecule has 3 aliphatic rings. The standard InChI is InChI=1S/C36H45N3O5/c1-8-18-37(21-27-16-11-10-12-17-27)32(41)28-29-33(42)39(26(6)22-40)31(36(29)20-25(5)35(28,7)44-36)34(43)38(19-9-2)30-23(3)14-13-15-24(30)4/h8-17,25-26,28-29,31,40H,1-2,18-22H2,3-7H3/t25?,26-,28-,29+,31?,35+,36?/m1/s1. The van der Waals surface area contributed by atoms with Crippen LogP contribution in [0.2, 0.25) is 0 Å². The number of nitrogens with zero attached hydrogens (tertiary/aromatic N) is 3. The molecular weight excluding hydrogens is 554 g/mol. The van der Waals surface area contributed by atoms with Gasteiger partial charge in [-0.15, -0.1) is 13.2 Å². The predicted molar refractivity (Wildman–Crippen MR) is 171 cm³/mol. The molecule has 0 radical (unpaired) electrons. The van der Waals surface area contributed by atoms with Gasteiger partial charge in [0.1, 0.15) is 11.6 Å². The Bertz CT molecular complexity index is 1440. The third kappa shape index (κ3) is 4.79. The van der Waals surface area contributed by atoms with Crippen molar-refractivity contribution in [2.24, 2.45) is 17.8 Å². The van der Waals surface area contributed by atoms with Crippen molar-refractivity contribution >= 4 is 23.4 Å². The summed E-state index contributed by atoms with van der Waals surface area (Å²) in [6.07, 6.45) is 3.82. The number of hydrogen-bond donors (Lipinski definition) is 1. The van der Waals surface area contributed by atoms with Crippen molar-refractivity contribution in [2.45, 2.75) is 70.9 Å². The molecule has 44 heavy (non-hydrogen) atoms. The lowest BCUT2D eigenvalue weighted by molar-refractivity contribution is -0.153. The van der Waals surface area contributed by atoms with E-state index in [1.165, 1.54) is 4.90 Å². The Morgan fingerprint density at radius 3 is 2.30 bits per heavy atom. The Morgan fingerprint density at radius 1 is 1.07 bits per heavy atom. The second-order valence-electron chi connectivity index (χ2n) is 13.0. The molecule has 7 atom stereocenters. The second kappa shape index (κ2) is 12.0. The molecule has 2 bridgehead atoms. The van der Waals surface area contributed by atoms with Crippen molar-refractivity contribution in [3.05, 3.63) is 90.5 Å². The van der Waals surface area contributed by atoms with Crippen LogP contribution in [0.15, 0.2) is 73.8 Å². The van der Waals surface area contributed by atoms with E-state index in [0.717, 1.165) is 22.4 Å². The van der Waals surface area contributed by atoms with Crippen LogP contribution in [0.25, 0.3) is 0 Å². The number of aryl methyl sites for hydroxylation is 2. The lowest BCUT2D eigenvalue weighted by Crippen LogP contribution is -2.59. The van der Waals surface area contributed by atoms with Crippen molar-refractivity contribution in [1.82, 2.24) is 9.80 Å². The molecule has 8 heteroatoms. The molecule has 0 saturated carbocycles. The smallest absolute Gasteiger partial charge is 0.253 e. The molecule has 3 amide bonds. The van der Waals surface area contributed by atoms with Crippen LogP contribution in [-0.4, -0.2) is 75.6 Å². The molecule has 1 N–H and O–H groups in total. The van der Waals surface area contributed by atoms with Crippen LogP contribution < -0.4 is 4.90 Å². The molecule has 0 aromatic heterocycles. The topological polar surface area (TPSA) is 90.4 Å². The van der Waals surface area contributed by atoms with Crippen LogP contribution in [0.1, 0.15) is 43.9 Å². The van der Waals surface area contributed by atoms with E-state index in [0.29, 0.717) is 19.5 Å². The maximum atomic E-state index is 14.9. The summed E-state index contributed by atoms with van der Waals surface area (Å²) in [6, 6.07) is 13.9. The molecule has 2 aromatic rings. The first-order valence-corrected chi connectivity index (χ1v) is 15.5. The number of rotatable bonds is 11. The summed E-state index contributed by atoms with van der Waals surface area (Å²) in [7, 11) is 0. The van der Waals surface area contributed by atoms with Crippen LogP contribution in [0.4, 0.5) is 5.69 Å². The van der Waals surface area contributed by atoms with Crippen molar-refractivity contribution in [1.29, 1.82) is 0 Å². The number of likely N-dealkylation sites (tertiary alicyclic amines) is 1. The van der Waals surface area contributed by atoms with Crippen LogP contribution in [0.5, 0.6) is 0 Å². The number of carbonyl (C=O) groups is 3. The number of para-hydroxylation sites is 1. The van der Waals surface area contributed by atoms with Gasteiger partial charge in [0.25, 0.3) is 5.91 Å². The summed E-state index contributed by atoms with van der Waals surface area (Å²) in [5.74, 6) is -2.58. The van der Waals surface area contributed by atoms with Crippen LogP contribution in [0.3, 0.4) is 0 Å². The monoisotopic (exact) mass is 599 g/mol. The van der Waals surface area contributed by atoms with Crippen molar-refractivity contribution in [3.8, 4) is 0 Å². The first-order valence-electron chi connectivity index (χ1n) is 15.5. The Morgan fingerprint density at radius 2 is 1.70 bits per heavy atom. The average molecular weight is 600 g/mol. The second-order valence-corrected chi connectivity index (χ2v) is 13.0. The van der Waals surface area contributed by atoms with E-state index in [4.69, 9.17) is 4.74 Å². The zero-order valence-electron chi connectivity index (χ0n) is 26.5. The van der Waals surface area contributed by atoms with E-state index < -0.39 is 35.1 Å². The highest BCUT2D eigenvalue weighted by Crippen LogP contribution is 2.66. The van der Waals surface area contributed by atoms with Gasteiger partial charge in [-0.1, -0.05) is 67.6 Å². The van der Waals surface area contributed by atoms with Gasteiger partial charge < -0.3 is 24.5 Å². The predicted octanol–water partition coefficient (Wildman–Crippen LogP) is 4.43. The number of benzene rings is 2. The van der Waals surface area contributed by atoms with Crippen LogP contribution in [-0.2, 0) is 25.7 Å². The summed E-state index contributed by atoms with van der Waals surface area (Å²) >= 11 is 0. The molecule has 3 heterocycles. The van der Waals surface area contributed by atoms with Gasteiger partial charge in [-0.3, -0.25) is 14.4 Å². The van der Waals surface area contributed by atoms with Gasteiger partial charge >= 0.3 is 0 Å². The van der Waals surface area contributed by atoms with E-state index in [1.54, 1.807) is 28.9 Å². The molecule has 234 valence electrons. The van der Waals surface area contributed by atoms with Gasteiger partial charge in [-0.05, 0) is 56.7 Å². The molecule has 3 unspecified atom stereocenters. The highest BCUT2D eigenvalue weighted by atomic mass is 16.5. The lowest BCUT2D eigenvalue weighted by atomic mass is 9.62. The van der Waals surface area contributed by atoms with E-state index >= 15 is 0 Å². The minimum Gasteiger partial charge on any atom is -0.394 e. The summed E-state index contributed by atoms with van der Waals surface area (Å²) in [5, 5.41) is 10.3. The lowest BCUT2D eigenvalue weighted by Gasteiger charge is -2.39. The van der Waals surface area contributed by atoms with Crippen LogP contribution >= 0.6 is 0 Å². The summed E-state index contributed by atoms with van der Waals surface area (Å²) < 4.78 is 6.96. The Hall–Kier alpha value is -3.75. The van der Waals surface area contributed by atoms with Gasteiger partial charge in [0.15, 0.2) is 0 Å². The molecule has 3 aliphatic heterocycles. The normalized spacial score (nSPS) is 29.3. The quantitative estimate of drug-likeness (QED) is 0.386. The van der Waals surface area contributed by atoms with Crippen LogP contribution in [0, 0.1) is 31.6 Å². The van der Waals surface area contributed by atoms with E-state index in [2.05, 4.69) is 13.2 Å². The highest BCUT2D eigenvalue weighted by Gasteiger charge is 2.80. The highest BCUT2D eigenvalue weighted by molar-refractivity contribution is 6.06. The SMILES string of the molecule is C=CCN(Cc1ccccc1)C(=O)[C@H]1[C@H]2C(=O)N([C@H](C)CO)C(C(=O)N(CC=C)c3c(C)cccc3C)C23CC(C)[C@]1(C)O3. The fourth-order valence-corrected chi connectivity index (χ4v) is 8.08. The van der Waals surface area contributed by atoms with Gasteiger partial charge in [-0.2, -0.15) is 0 Å². The maximum absolute atomic E-state index is 14.9. The van der Waals surface area contributed by atoms with Gasteiger partial charge in [0, 0.05) is 25.3 Å². The molecular formula is C36H45N3O5. The minimum atomic E-state index is -1.23. The molecule has 1 spiro atoms. The van der Waals surface area contributed by atoms with Crippen molar-refractivity contribution in [3.63, 3.8) is 0 Å². The molecule has 3 saturated heterocycles. The largest absolute Gasteiger partial charge is 0.394 e. The zero-order valence-corrected chi connectivity index (χ0v) is 26.5. The van der Waals surface area contributed by atoms with E-state index in [1.807, 2.05) is 76.2 Å². The Kier molecular flexibility index (Phi) is 8.62. The fraction of sp³-hybridized carbons (Fsp3) is 0.472. The molecule has 2 aromatic carbocycles. The number of amides is 3. The molecule has 0 aliphatic carbocycles. The third-order valence-corrected chi connectivity index (χ3v) is 10.2. The number of hydrogen-bond acceptors (Lipinski definition) is 5. The number of aliphatic hydroxyl groups is 1. The number of aliphatic hydroxyl groups excluding tert-OH is 1. The maximum Gasteiger partial charge on any atom is 0.253 e. The molecule has 5 rings (SSSR count). The minimum absolute atomic E-state index is 0.101. The number of ether oxygens (including phenoxy) is 1. The Labute approximate surface area is 261 Å². The Balaban J connectivity index is 1.62. The summed E-state index contributed by atoms with van der Waals surface area (Å²) in [5.41, 5.74) is 1.39. The number of anilines is 1. The molecule has 8 nitrogen and oxygen atoms in total. The molecule has 3 fully saturated rings. The van der Waals surface area contributed by atoms with Gasteiger partial charge in [-0.25, -0.2) is 0 Å². The first kappa shape index (κ1) is 31.7.